The SMILES string of the molecule is CCOCCN(O)O. The molecule has 0 saturated heterocycles. The smallest absolute Gasteiger partial charge is 0.0747 e. The Balaban J connectivity index is 2.72. The van der Waals surface area contributed by atoms with Crippen LogP contribution in [0.3, 0.4) is 0 Å². The van der Waals surface area contributed by atoms with E-state index in [4.69, 9.17) is 15.2 Å². The Morgan fingerprint density at radius 3 is 2.50 bits per heavy atom. The van der Waals surface area contributed by atoms with Crippen LogP contribution in [0.5, 0.6) is 0 Å². The highest BCUT2D eigenvalue weighted by Gasteiger charge is 1.89. The van der Waals surface area contributed by atoms with Gasteiger partial charge in [-0.3, -0.25) is 10.4 Å². The van der Waals surface area contributed by atoms with E-state index >= 15 is 0 Å². The largest absolute Gasteiger partial charge is 0.380 e. The maximum atomic E-state index is 8.09. The number of hydrogen-bond acceptors (Lipinski definition) is 4. The summed E-state index contributed by atoms with van der Waals surface area (Å²) in [5.74, 6) is 0. The molecule has 4 heteroatoms. The first-order valence-electron chi connectivity index (χ1n) is 2.50. The van der Waals surface area contributed by atoms with E-state index in [1.54, 1.807) is 0 Å². The summed E-state index contributed by atoms with van der Waals surface area (Å²) in [5, 5.41) is 16.3. The average Bonchev–Trinajstić information content (AvgIpc) is 1.66. The van der Waals surface area contributed by atoms with Crippen molar-refractivity contribution in [1.29, 1.82) is 0 Å². The number of rotatable bonds is 4. The summed E-state index contributed by atoms with van der Waals surface area (Å²) in [6, 6.07) is 0. The van der Waals surface area contributed by atoms with Crippen molar-refractivity contribution < 1.29 is 15.2 Å². The van der Waals surface area contributed by atoms with Gasteiger partial charge in [0.25, 0.3) is 0 Å². The highest BCUT2D eigenvalue weighted by molar-refractivity contribution is 4.26. The minimum atomic E-state index is 0.107. The molecule has 0 aliphatic rings. The zero-order valence-corrected chi connectivity index (χ0v) is 4.87. The maximum absolute atomic E-state index is 8.09. The molecule has 0 aliphatic heterocycles. The standard InChI is InChI=1S/C4H11NO3/c1-2-8-4-3-5(6)7/h6-7H,2-4H2,1H3. The Hall–Kier alpha value is -0.160. The summed E-state index contributed by atoms with van der Waals surface area (Å²) in [6.45, 7) is 2.93. The van der Waals surface area contributed by atoms with Crippen molar-refractivity contribution in [1.82, 2.24) is 5.23 Å². The fourth-order valence-corrected chi connectivity index (χ4v) is 0.291. The minimum Gasteiger partial charge on any atom is -0.380 e. The summed E-state index contributed by atoms with van der Waals surface area (Å²) < 4.78 is 4.78. The number of ether oxygens (including phenoxy) is 1. The van der Waals surface area contributed by atoms with Gasteiger partial charge in [-0.05, 0) is 6.92 Å². The molecule has 4 nitrogen and oxygen atoms in total. The Kier molecular flexibility index (Phi) is 4.89. The molecule has 0 aromatic heterocycles. The average molecular weight is 121 g/mol. The minimum absolute atomic E-state index is 0.107. The van der Waals surface area contributed by atoms with Crippen LogP contribution >= 0.6 is 0 Å². The highest BCUT2D eigenvalue weighted by atomic mass is 16.8. The fourth-order valence-electron chi connectivity index (χ4n) is 0.291. The van der Waals surface area contributed by atoms with E-state index in [-0.39, 0.29) is 11.8 Å². The molecule has 0 aliphatic carbocycles. The Labute approximate surface area is 48.2 Å². The van der Waals surface area contributed by atoms with Gasteiger partial charge >= 0.3 is 0 Å². The van der Waals surface area contributed by atoms with Gasteiger partial charge in [0.1, 0.15) is 0 Å². The van der Waals surface area contributed by atoms with Crippen molar-refractivity contribution in [2.24, 2.45) is 0 Å². The molecular formula is C4H11NO3. The monoisotopic (exact) mass is 121 g/mol. The molecule has 0 heterocycles. The molecule has 50 valence electrons. The third kappa shape index (κ3) is 5.84. The van der Waals surface area contributed by atoms with Crippen molar-refractivity contribution in [2.75, 3.05) is 19.8 Å². The molecule has 0 radical (unpaired) electrons. The van der Waals surface area contributed by atoms with Crippen molar-refractivity contribution in [3.63, 3.8) is 0 Å². The van der Waals surface area contributed by atoms with Gasteiger partial charge < -0.3 is 4.74 Å². The third-order valence-electron chi connectivity index (χ3n) is 0.640. The predicted octanol–water partition coefficient (Wildman–Crippen LogP) is 0.103. The van der Waals surface area contributed by atoms with Gasteiger partial charge in [-0.15, -0.1) is 0 Å². The molecule has 0 amide bonds. The molecule has 0 rings (SSSR count). The molecule has 0 aromatic carbocycles. The summed E-state index contributed by atoms with van der Waals surface area (Å²) in [6.07, 6.45) is 0. The fraction of sp³-hybridized carbons (Fsp3) is 1.00. The Bertz CT molecular complexity index is 48.5. The molecule has 0 bridgehead atoms. The second kappa shape index (κ2) is 4.99. The van der Waals surface area contributed by atoms with Crippen LogP contribution in [0.25, 0.3) is 0 Å². The first-order valence-corrected chi connectivity index (χ1v) is 2.50. The van der Waals surface area contributed by atoms with E-state index in [1.807, 2.05) is 6.92 Å². The van der Waals surface area contributed by atoms with Crippen LogP contribution in [-0.2, 0) is 4.74 Å². The molecular weight excluding hydrogens is 110 g/mol. The summed E-state index contributed by atoms with van der Waals surface area (Å²) in [4.78, 5) is 0. The van der Waals surface area contributed by atoms with Crippen LogP contribution in [0.1, 0.15) is 6.92 Å². The first-order chi connectivity index (χ1) is 3.77. The lowest BCUT2D eigenvalue weighted by Crippen LogP contribution is -2.19. The predicted molar refractivity (Wildman–Crippen MR) is 26.8 cm³/mol. The molecule has 0 spiro atoms. The van der Waals surface area contributed by atoms with Gasteiger partial charge in [-0.25, -0.2) is 0 Å². The highest BCUT2D eigenvalue weighted by Crippen LogP contribution is 1.74. The quantitative estimate of drug-likeness (QED) is 0.409. The topological polar surface area (TPSA) is 52.9 Å². The van der Waals surface area contributed by atoms with Crippen molar-refractivity contribution in [3.8, 4) is 0 Å². The molecule has 2 N–H and O–H groups in total. The van der Waals surface area contributed by atoms with E-state index in [0.29, 0.717) is 13.2 Å². The van der Waals surface area contributed by atoms with E-state index in [1.165, 1.54) is 0 Å². The summed E-state index contributed by atoms with van der Waals surface area (Å²) in [7, 11) is 0. The molecule has 0 aromatic rings. The van der Waals surface area contributed by atoms with E-state index in [2.05, 4.69) is 0 Å². The second-order valence-corrected chi connectivity index (χ2v) is 1.29. The van der Waals surface area contributed by atoms with Crippen LogP contribution < -0.4 is 0 Å². The lowest BCUT2D eigenvalue weighted by molar-refractivity contribution is -0.310. The zero-order valence-electron chi connectivity index (χ0n) is 4.87. The van der Waals surface area contributed by atoms with Crippen LogP contribution in [0.15, 0.2) is 0 Å². The zero-order chi connectivity index (χ0) is 6.41. The van der Waals surface area contributed by atoms with Gasteiger partial charge in [0.05, 0.1) is 13.2 Å². The molecule has 0 unspecified atom stereocenters. The molecule has 8 heavy (non-hydrogen) atoms. The van der Waals surface area contributed by atoms with Crippen molar-refractivity contribution in [3.05, 3.63) is 0 Å². The summed E-state index contributed by atoms with van der Waals surface area (Å²) >= 11 is 0. The Morgan fingerprint density at radius 1 is 1.50 bits per heavy atom. The number of hydrogen-bond donors (Lipinski definition) is 2. The van der Waals surface area contributed by atoms with Gasteiger partial charge in [0.15, 0.2) is 0 Å². The molecule has 0 atom stereocenters. The van der Waals surface area contributed by atoms with E-state index in [9.17, 15) is 0 Å². The lowest BCUT2D eigenvalue weighted by Gasteiger charge is -2.03. The van der Waals surface area contributed by atoms with Crippen molar-refractivity contribution >= 4 is 0 Å². The number of hydroxylamine groups is 2. The van der Waals surface area contributed by atoms with Crippen LogP contribution in [0.2, 0.25) is 0 Å². The molecule has 0 fully saturated rings. The number of nitrogens with zero attached hydrogens (tertiary/aromatic N) is 1. The van der Waals surface area contributed by atoms with Gasteiger partial charge in [-0.1, -0.05) is 5.23 Å². The van der Waals surface area contributed by atoms with Gasteiger partial charge in [-0.2, -0.15) is 0 Å². The van der Waals surface area contributed by atoms with E-state index < -0.39 is 0 Å². The lowest BCUT2D eigenvalue weighted by atomic mass is 10.7. The normalized spacial score (nSPS) is 10.5. The maximum Gasteiger partial charge on any atom is 0.0747 e. The van der Waals surface area contributed by atoms with Gasteiger partial charge in [0.2, 0.25) is 0 Å². The first kappa shape index (κ1) is 7.84. The van der Waals surface area contributed by atoms with Crippen LogP contribution in [0.4, 0.5) is 0 Å². The van der Waals surface area contributed by atoms with Crippen LogP contribution in [0, 0.1) is 0 Å². The second-order valence-electron chi connectivity index (χ2n) is 1.29. The molecule has 0 saturated carbocycles. The van der Waals surface area contributed by atoms with Crippen molar-refractivity contribution in [2.45, 2.75) is 6.92 Å². The van der Waals surface area contributed by atoms with Gasteiger partial charge in [0, 0.05) is 6.61 Å². The Morgan fingerprint density at radius 2 is 2.12 bits per heavy atom. The van der Waals surface area contributed by atoms with E-state index in [0.717, 1.165) is 0 Å². The van der Waals surface area contributed by atoms with Crippen LogP contribution in [-0.4, -0.2) is 35.4 Å². The third-order valence-corrected chi connectivity index (χ3v) is 0.640. The summed E-state index contributed by atoms with van der Waals surface area (Å²) in [5.41, 5.74) is 0.